The van der Waals surface area contributed by atoms with E-state index < -0.39 is 5.97 Å². The lowest BCUT2D eigenvalue weighted by molar-refractivity contribution is -0.137. The van der Waals surface area contributed by atoms with E-state index >= 15 is 0 Å². The Morgan fingerprint density at radius 2 is 2.00 bits per heavy atom. The van der Waals surface area contributed by atoms with Crippen LogP contribution >= 0.6 is 0 Å². The molecule has 0 aliphatic rings. The Labute approximate surface area is 145 Å². The molecule has 1 aromatic heterocycles. The monoisotopic (exact) mass is 347 g/mol. The Bertz CT molecular complexity index is 742. The van der Waals surface area contributed by atoms with Gasteiger partial charge in [-0.3, -0.25) is 14.3 Å². The summed E-state index contributed by atoms with van der Waals surface area (Å²) < 4.78 is 12.4. The Hall–Kier alpha value is -3.03. The van der Waals surface area contributed by atoms with Crippen LogP contribution in [0.2, 0.25) is 0 Å². The zero-order chi connectivity index (χ0) is 18.2. The number of carboxylic acids is 1. The molecule has 2 N–H and O–H groups in total. The van der Waals surface area contributed by atoms with Gasteiger partial charge in [-0.15, -0.1) is 0 Å². The van der Waals surface area contributed by atoms with Crippen LogP contribution in [-0.4, -0.2) is 40.0 Å². The van der Waals surface area contributed by atoms with Gasteiger partial charge >= 0.3 is 5.97 Å². The first kappa shape index (κ1) is 18.3. The molecular weight excluding hydrogens is 326 g/mol. The number of amides is 1. The zero-order valence-electron chi connectivity index (χ0n) is 14.2. The third-order valence-corrected chi connectivity index (χ3v) is 3.15. The van der Waals surface area contributed by atoms with Gasteiger partial charge in [0.2, 0.25) is 0 Å². The zero-order valence-corrected chi connectivity index (χ0v) is 14.2. The maximum atomic E-state index is 12.4. The first-order valence-corrected chi connectivity index (χ1v) is 7.99. The van der Waals surface area contributed by atoms with E-state index in [1.54, 1.807) is 18.2 Å². The smallest absolute Gasteiger partial charge is 0.325 e. The third kappa shape index (κ3) is 5.23. The minimum Gasteiger partial charge on any atom is -0.490 e. The molecule has 0 spiro atoms. The standard InChI is InChI=1S/C17H21N3O5/c1-3-9-25-13-6-5-12(10-14(13)24-4-2)17(23)18-15-7-8-20(19-15)11-16(21)22/h5-8,10H,3-4,9,11H2,1-2H3,(H,21,22)(H,18,19,23). The number of hydrogen-bond acceptors (Lipinski definition) is 5. The van der Waals surface area contributed by atoms with Crippen molar-refractivity contribution in [3.05, 3.63) is 36.0 Å². The van der Waals surface area contributed by atoms with Gasteiger partial charge < -0.3 is 19.9 Å². The fourth-order valence-electron chi connectivity index (χ4n) is 2.09. The first-order valence-electron chi connectivity index (χ1n) is 7.99. The number of aromatic nitrogens is 2. The Balaban J connectivity index is 2.11. The summed E-state index contributed by atoms with van der Waals surface area (Å²) in [6.07, 6.45) is 2.35. The maximum absolute atomic E-state index is 12.4. The average molecular weight is 347 g/mol. The molecule has 0 bridgehead atoms. The predicted molar refractivity (Wildman–Crippen MR) is 91.2 cm³/mol. The van der Waals surface area contributed by atoms with Crippen molar-refractivity contribution < 1.29 is 24.2 Å². The molecule has 25 heavy (non-hydrogen) atoms. The van der Waals surface area contributed by atoms with Crippen LogP contribution in [0.5, 0.6) is 11.5 Å². The van der Waals surface area contributed by atoms with E-state index in [-0.39, 0.29) is 18.3 Å². The Morgan fingerprint density at radius 3 is 2.68 bits per heavy atom. The molecule has 2 rings (SSSR count). The topological polar surface area (TPSA) is 103 Å². The normalized spacial score (nSPS) is 10.3. The van der Waals surface area contributed by atoms with Gasteiger partial charge in [0.25, 0.3) is 5.91 Å². The summed E-state index contributed by atoms with van der Waals surface area (Å²) in [6.45, 7) is 4.60. The molecule has 0 radical (unpaired) electrons. The van der Waals surface area contributed by atoms with Crippen LogP contribution in [0.1, 0.15) is 30.6 Å². The lowest BCUT2D eigenvalue weighted by Crippen LogP contribution is -2.14. The average Bonchev–Trinajstić information content (AvgIpc) is 3.00. The highest BCUT2D eigenvalue weighted by atomic mass is 16.5. The van der Waals surface area contributed by atoms with Gasteiger partial charge in [0.1, 0.15) is 6.54 Å². The predicted octanol–water partition coefficient (Wildman–Crippen LogP) is 2.41. The van der Waals surface area contributed by atoms with Gasteiger partial charge in [0.15, 0.2) is 17.3 Å². The van der Waals surface area contributed by atoms with Crippen molar-refractivity contribution in [3.63, 3.8) is 0 Å². The number of aliphatic carboxylic acids is 1. The van der Waals surface area contributed by atoms with Crippen molar-refractivity contribution in [1.82, 2.24) is 9.78 Å². The lowest BCUT2D eigenvalue weighted by Gasteiger charge is -2.12. The summed E-state index contributed by atoms with van der Waals surface area (Å²) >= 11 is 0. The quantitative estimate of drug-likeness (QED) is 0.722. The number of carbonyl (C=O) groups excluding carboxylic acids is 1. The Morgan fingerprint density at radius 1 is 1.20 bits per heavy atom. The second-order valence-corrected chi connectivity index (χ2v) is 5.19. The van der Waals surface area contributed by atoms with Crippen molar-refractivity contribution in [2.24, 2.45) is 0 Å². The number of nitrogens with one attached hydrogen (secondary N) is 1. The number of nitrogens with zero attached hydrogens (tertiary/aromatic N) is 2. The molecule has 0 aliphatic heterocycles. The number of carbonyl (C=O) groups is 2. The molecule has 0 unspecified atom stereocenters. The van der Waals surface area contributed by atoms with Crippen LogP contribution in [0.3, 0.4) is 0 Å². The SMILES string of the molecule is CCCOc1ccc(C(=O)Nc2ccn(CC(=O)O)n2)cc1OCC. The molecule has 134 valence electrons. The summed E-state index contributed by atoms with van der Waals surface area (Å²) in [5.41, 5.74) is 0.389. The molecule has 0 aliphatic carbocycles. The fraction of sp³-hybridized carbons (Fsp3) is 0.353. The van der Waals surface area contributed by atoms with Gasteiger partial charge in [-0.05, 0) is 31.5 Å². The molecule has 0 saturated carbocycles. The third-order valence-electron chi connectivity index (χ3n) is 3.15. The highest BCUT2D eigenvalue weighted by Gasteiger charge is 2.13. The van der Waals surface area contributed by atoms with Crippen LogP contribution in [0.15, 0.2) is 30.5 Å². The highest BCUT2D eigenvalue weighted by molar-refractivity contribution is 6.04. The minimum atomic E-state index is -1.01. The largest absolute Gasteiger partial charge is 0.490 e. The van der Waals surface area contributed by atoms with Gasteiger partial charge in [0, 0.05) is 17.8 Å². The summed E-state index contributed by atoms with van der Waals surface area (Å²) in [5, 5.41) is 15.3. The molecule has 0 fully saturated rings. The molecular formula is C17H21N3O5. The summed E-state index contributed by atoms with van der Waals surface area (Å²) in [4.78, 5) is 23.0. The van der Waals surface area contributed by atoms with Crippen LogP contribution in [-0.2, 0) is 11.3 Å². The van der Waals surface area contributed by atoms with Crippen molar-refractivity contribution >= 4 is 17.7 Å². The number of hydrogen-bond donors (Lipinski definition) is 2. The second kappa shape index (κ2) is 8.72. The molecule has 0 atom stereocenters. The molecule has 0 saturated heterocycles. The second-order valence-electron chi connectivity index (χ2n) is 5.19. The summed E-state index contributed by atoms with van der Waals surface area (Å²) in [5.74, 6) is -0.0184. The van der Waals surface area contributed by atoms with Crippen molar-refractivity contribution in [3.8, 4) is 11.5 Å². The van der Waals surface area contributed by atoms with Gasteiger partial charge in [0.05, 0.1) is 13.2 Å². The van der Waals surface area contributed by atoms with E-state index in [0.29, 0.717) is 30.3 Å². The highest BCUT2D eigenvalue weighted by Crippen LogP contribution is 2.29. The number of carboxylic acid groups (broad SMARTS) is 1. The fourth-order valence-corrected chi connectivity index (χ4v) is 2.09. The van der Waals surface area contributed by atoms with Crippen LogP contribution in [0.4, 0.5) is 5.82 Å². The van der Waals surface area contributed by atoms with Gasteiger partial charge in [-0.1, -0.05) is 6.92 Å². The lowest BCUT2D eigenvalue weighted by atomic mass is 10.2. The number of ether oxygens (including phenoxy) is 2. The van der Waals surface area contributed by atoms with E-state index in [1.807, 2.05) is 13.8 Å². The minimum absolute atomic E-state index is 0.270. The number of benzene rings is 1. The molecule has 2 aromatic rings. The molecule has 1 amide bonds. The first-order chi connectivity index (χ1) is 12.0. The molecule has 1 heterocycles. The Kier molecular flexibility index (Phi) is 6.39. The van der Waals surface area contributed by atoms with Crippen LogP contribution < -0.4 is 14.8 Å². The van der Waals surface area contributed by atoms with Gasteiger partial charge in [-0.2, -0.15) is 5.10 Å². The number of anilines is 1. The van der Waals surface area contributed by atoms with Crippen molar-refractivity contribution in [2.75, 3.05) is 18.5 Å². The molecule has 1 aromatic carbocycles. The van der Waals surface area contributed by atoms with E-state index in [2.05, 4.69) is 10.4 Å². The summed E-state index contributed by atoms with van der Waals surface area (Å²) in [6, 6.07) is 6.47. The van der Waals surface area contributed by atoms with E-state index in [0.717, 1.165) is 6.42 Å². The van der Waals surface area contributed by atoms with Crippen LogP contribution in [0, 0.1) is 0 Å². The van der Waals surface area contributed by atoms with E-state index in [9.17, 15) is 9.59 Å². The summed E-state index contributed by atoms with van der Waals surface area (Å²) in [7, 11) is 0. The van der Waals surface area contributed by atoms with Crippen molar-refractivity contribution in [2.45, 2.75) is 26.8 Å². The molecule has 8 nitrogen and oxygen atoms in total. The molecule has 8 heteroatoms. The van der Waals surface area contributed by atoms with Crippen molar-refractivity contribution in [1.29, 1.82) is 0 Å². The van der Waals surface area contributed by atoms with Crippen LogP contribution in [0.25, 0.3) is 0 Å². The van der Waals surface area contributed by atoms with E-state index in [1.165, 1.54) is 16.9 Å². The van der Waals surface area contributed by atoms with E-state index in [4.69, 9.17) is 14.6 Å². The maximum Gasteiger partial charge on any atom is 0.325 e. The van der Waals surface area contributed by atoms with Gasteiger partial charge in [-0.25, -0.2) is 0 Å². The number of rotatable bonds is 9.